The van der Waals surface area contributed by atoms with Gasteiger partial charge in [0, 0.05) is 37.5 Å². The molecule has 4 heteroatoms. The Balaban J connectivity index is 1.95. The molecule has 0 saturated carbocycles. The van der Waals surface area contributed by atoms with E-state index >= 15 is 0 Å². The summed E-state index contributed by atoms with van der Waals surface area (Å²) in [6.07, 6.45) is 4.65. The number of benzene rings is 1. The second kappa shape index (κ2) is 4.85. The molecule has 1 aliphatic carbocycles. The molecule has 0 fully saturated rings. The fourth-order valence-electron chi connectivity index (χ4n) is 2.50. The van der Waals surface area contributed by atoms with Crippen molar-refractivity contribution < 1.29 is 9.15 Å². The Labute approximate surface area is 118 Å². The molecule has 0 bridgehead atoms. The summed E-state index contributed by atoms with van der Waals surface area (Å²) in [7, 11) is 3.74. The largest absolute Gasteiger partial charge is 0.461 e. The lowest BCUT2D eigenvalue weighted by Gasteiger charge is -2.13. The van der Waals surface area contributed by atoms with Crippen LogP contribution in [0.25, 0.3) is 11.0 Å². The van der Waals surface area contributed by atoms with Crippen molar-refractivity contribution in [2.75, 3.05) is 14.1 Å². The summed E-state index contributed by atoms with van der Waals surface area (Å²) < 4.78 is 11.5. The predicted molar refractivity (Wildman–Crippen MR) is 79.8 cm³/mol. The molecule has 0 unspecified atom stereocenters. The highest BCUT2D eigenvalue weighted by atomic mass is 32.1. The second-order valence-electron chi connectivity index (χ2n) is 5.13. The van der Waals surface area contributed by atoms with Crippen LogP contribution in [0.1, 0.15) is 24.2 Å². The quantitative estimate of drug-likeness (QED) is 0.743. The Morgan fingerprint density at radius 1 is 1.26 bits per heavy atom. The van der Waals surface area contributed by atoms with E-state index in [1.165, 1.54) is 23.8 Å². The molecule has 3 nitrogen and oxygen atoms in total. The zero-order valence-corrected chi connectivity index (χ0v) is 12.0. The van der Waals surface area contributed by atoms with Gasteiger partial charge in [-0.25, -0.2) is 0 Å². The van der Waals surface area contributed by atoms with E-state index in [2.05, 4.69) is 6.07 Å². The number of ether oxygens (including phenoxy) is 1. The van der Waals surface area contributed by atoms with Crippen molar-refractivity contribution in [3.8, 4) is 5.75 Å². The molecular formula is C15H17NO2S. The van der Waals surface area contributed by atoms with Crippen molar-refractivity contribution in [2.45, 2.75) is 25.7 Å². The lowest BCUT2D eigenvalue weighted by atomic mass is 9.96. The third-order valence-corrected chi connectivity index (χ3v) is 3.95. The van der Waals surface area contributed by atoms with Gasteiger partial charge in [0.25, 0.3) is 5.17 Å². The molecule has 0 spiro atoms. The topological polar surface area (TPSA) is 25.6 Å². The molecule has 100 valence electrons. The lowest BCUT2D eigenvalue weighted by Crippen LogP contribution is -2.24. The zero-order valence-electron chi connectivity index (χ0n) is 11.2. The lowest BCUT2D eigenvalue weighted by molar-refractivity contribution is 0.448. The molecule has 3 rings (SSSR count). The summed E-state index contributed by atoms with van der Waals surface area (Å²) in [5, 5.41) is 1.67. The van der Waals surface area contributed by atoms with Crippen LogP contribution in [0.4, 0.5) is 0 Å². The Morgan fingerprint density at radius 2 is 2.05 bits per heavy atom. The first-order valence-electron chi connectivity index (χ1n) is 6.58. The number of furan rings is 1. The van der Waals surface area contributed by atoms with E-state index in [-0.39, 0.29) is 0 Å². The number of hydrogen-bond acceptors (Lipinski definition) is 3. The first-order valence-corrected chi connectivity index (χ1v) is 6.99. The van der Waals surface area contributed by atoms with Crippen LogP contribution in [0.2, 0.25) is 0 Å². The maximum Gasteiger partial charge on any atom is 0.264 e. The summed E-state index contributed by atoms with van der Waals surface area (Å²) in [5.41, 5.74) is 2.29. The molecule has 0 N–H and O–H groups in total. The van der Waals surface area contributed by atoms with Crippen LogP contribution in [0.15, 0.2) is 22.6 Å². The molecule has 1 heterocycles. The van der Waals surface area contributed by atoms with E-state index in [9.17, 15) is 0 Å². The van der Waals surface area contributed by atoms with Gasteiger partial charge in [0.15, 0.2) is 0 Å². The highest BCUT2D eigenvalue weighted by molar-refractivity contribution is 7.80. The first-order chi connectivity index (χ1) is 9.15. The summed E-state index contributed by atoms with van der Waals surface area (Å²) in [4.78, 5) is 1.77. The second-order valence-corrected chi connectivity index (χ2v) is 5.48. The van der Waals surface area contributed by atoms with Gasteiger partial charge in [-0.1, -0.05) is 0 Å². The molecule has 1 aromatic carbocycles. The van der Waals surface area contributed by atoms with Crippen molar-refractivity contribution in [1.82, 2.24) is 4.90 Å². The summed E-state index contributed by atoms with van der Waals surface area (Å²) in [5.74, 6) is 1.88. The smallest absolute Gasteiger partial charge is 0.264 e. The Bertz CT molecular complexity index is 630. The van der Waals surface area contributed by atoms with Crippen molar-refractivity contribution in [1.29, 1.82) is 0 Å². The minimum atomic E-state index is 0.454. The highest BCUT2D eigenvalue weighted by Gasteiger charge is 2.18. The van der Waals surface area contributed by atoms with E-state index in [1.54, 1.807) is 4.90 Å². The van der Waals surface area contributed by atoms with Gasteiger partial charge in [0.2, 0.25) is 0 Å². The normalized spacial score (nSPS) is 14.2. The van der Waals surface area contributed by atoms with Gasteiger partial charge in [-0.15, -0.1) is 0 Å². The summed E-state index contributed by atoms with van der Waals surface area (Å²) >= 11 is 5.14. The van der Waals surface area contributed by atoms with Crippen LogP contribution in [0.3, 0.4) is 0 Å². The third-order valence-electron chi connectivity index (χ3n) is 3.50. The van der Waals surface area contributed by atoms with Crippen molar-refractivity contribution in [3.63, 3.8) is 0 Å². The monoisotopic (exact) mass is 275 g/mol. The van der Waals surface area contributed by atoms with Crippen molar-refractivity contribution in [3.05, 3.63) is 29.5 Å². The Morgan fingerprint density at radius 3 is 2.84 bits per heavy atom. The third kappa shape index (κ3) is 2.32. The maximum atomic E-state index is 5.94. The van der Waals surface area contributed by atoms with Gasteiger partial charge in [-0.2, -0.15) is 0 Å². The van der Waals surface area contributed by atoms with Crippen molar-refractivity contribution in [2.24, 2.45) is 0 Å². The van der Waals surface area contributed by atoms with Gasteiger partial charge < -0.3 is 14.1 Å². The van der Waals surface area contributed by atoms with E-state index < -0.39 is 0 Å². The average Bonchev–Trinajstić information content (AvgIpc) is 2.76. The minimum Gasteiger partial charge on any atom is -0.461 e. The summed E-state index contributed by atoms with van der Waals surface area (Å²) in [6, 6.07) is 5.97. The number of hydrogen-bond donors (Lipinski definition) is 0. The van der Waals surface area contributed by atoms with E-state index in [0.717, 1.165) is 29.9 Å². The van der Waals surface area contributed by atoms with Crippen LogP contribution in [0, 0.1) is 0 Å². The SMILES string of the molecule is CN(C)C(=S)Oc1ccc2c3c(oc2c1)CCCC3. The fraction of sp³-hybridized carbons (Fsp3) is 0.400. The van der Waals surface area contributed by atoms with Crippen molar-refractivity contribution >= 4 is 28.4 Å². The average molecular weight is 275 g/mol. The molecular weight excluding hydrogens is 258 g/mol. The zero-order chi connectivity index (χ0) is 13.4. The van der Waals surface area contributed by atoms with Crippen LogP contribution in [0.5, 0.6) is 5.75 Å². The molecule has 1 aromatic heterocycles. The van der Waals surface area contributed by atoms with Gasteiger partial charge in [0.1, 0.15) is 17.1 Å². The van der Waals surface area contributed by atoms with Crippen LogP contribution in [-0.2, 0) is 12.8 Å². The molecule has 0 saturated heterocycles. The van der Waals surface area contributed by atoms with E-state index in [0.29, 0.717) is 5.17 Å². The Kier molecular flexibility index (Phi) is 3.19. The molecule has 0 aliphatic heterocycles. The first kappa shape index (κ1) is 12.5. The van der Waals surface area contributed by atoms with E-state index in [4.69, 9.17) is 21.4 Å². The summed E-state index contributed by atoms with van der Waals surface area (Å²) in [6.45, 7) is 0. The molecule has 1 aliphatic rings. The molecule has 2 aromatic rings. The Hall–Kier alpha value is -1.55. The van der Waals surface area contributed by atoms with Gasteiger partial charge in [-0.3, -0.25) is 0 Å². The molecule has 0 amide bonds. The van der Waals surface area contributed by atoms with Gasteiger partial charge >= 0.3 is 0 Å². The number of thiocarbonyl (C=S) groups is 1. The number of fused-ring (bicyclic) bond motifs is 3. The van der Waals surface area contributed by atoms with Crippen LogP contribution in [-0.4, -0.2) is 24.2 Å². The highest BCUT2D eigenvalue weighted by Crippen LogP contribution is 2.33. The standard InChI is InChI=1S/C15H17NO2S/c1-16(2)15(19)17-10-7-8-12-11-5-3-4-6-13(11)18-14(12)9-10/h7-9H,3-6H2,1-2H3. The van der Waals surface area contributed by atoms with Crippen LogP contribution >= 0.6 is 12.2 Å². The van der Waals surface area contributed by atoms with Gasteiger partial charge in [0.05, 0.1) is 0 Å². The van der Waals surface area contributed by atoms with Gasteiger partial charge in [-0.05, 0) is 43.6 Å². The fourth-order valence-corrected chi connectivity index (χ4v) is 2.60. The number of rotatable bonds is 1. The van der Waals surface area contributed by atoms with Crippen LogP contribution < -0.4 is 4.74 Å². The minimum absolute atomic E-state index is 0.454. The maximum absolute atomic E-state index is 5.94. The molecule has 0 radical (unpaired) electrons. The van der Waals surface area contributed by atoms with E-state index in [1.807, 2.05) is 26.2 Å². The molecule has 19 heavy (non-hydrogen) atoms. The molecule has 0 atom stereocenters. The number of aryl methyl sites for hydroxylation is 2. The predicted octanol–water partition coefficient (Wildman–Crippen LogP) is 3.54. The number of nitrogens with zero attached hydrogens (tertiary/aromatic N) is 1.